The molecule has 6 nitrogen and oxygen atoms in total. The van der Waals surface area contributed by atoms with Crippen molar-refractivity contribution >= 4 is 12.1 Å². The second-order valence-corrected chi connectivity index (χ2v) is 7.26. The number of benzene rings is 3. The van der Waals surface area contributed by atoms with E-state index in [1.165, 1.54) is 6.21 Å². The van der Waals surface area contributed by atoms with Gasteiger partial charge in [0.05, 0.1) is 20.4 Å². The number of nitrogens with zero attached hydrogens (tertiary/aromatic N) is 1. The van der Waals surface area contributed by atoms with Gasteiger partial charge >= 0.3 is 0 Å². The number of hydrogen-bond acceptors (Lipinski definition) is 5. The fourth-order valence-corrected chi connectivity index (χ4v) is 3.20. The average molecular weight is 418 g/mol. The fraction of sp³-hybridized carbons (Fsp3) is 0.200. The number of hydrogen-bond donors (Lipinski definition) is 2. The van der Waals surface area contributed by atoms with Crippen LogP contribution in [0.1, 0.15) is 27.8 Å². The molecule has 1 amide bonds. The maximum Gasteiger partial charge on any atom is 0.281 e. The minimum Gasteiger partial charge on any atom is -0.493 e. The predicted octanol–water partition coefficient (Wildman–Crippen LogP) is 3.71. The molecular weight excluding hydrogens is 392 g/mol. The van der Waals surface area contributed by atoms with Crippen LogP contribution in [0.25, 0.3) is 0 Å². The lowest BCUT2D eigenvalue weighted by Crippen LogP contribution is -2.43. The summed E-state index contributed by atoms with van der Waals surface area (Å²) in [5.41, 5.74) is 4.26. The van der Waals surface area contributed by atoms with Crippen LogP contribution in [0, 0.1) is 13.8 Å². The highest BCUT2D eigenvalue weighted by Crippen LogP contribution is 2.31. The molecule has 3 aromatic carbocycles. The number of carbonyl (C=O) groups excluding carboxylic acids is 1. The third-order valence-corrected chi connectivity index (χ3v) is 5.05. The van der Waals surface area contributed by atoms with Crippen LogP contribution in [0.5, 0.6) is 11.5 Å². The molecule has 0 aliphatic heterocycles. The molecule has 0 saturated carbocycles. The zero-order valence-electron chi connectivity index (χ0n) is 18.0. The number of hydrazone groups is 1. The number of rotatable bonds is 7. The molecule has 0 atom stereocenters. The highest BCUT2D eigenvalue weighted by Gasteiger charge is 2.40. The van der Waals surface area contributed by atoms with Gasteiger partial charge in [-0.15, -0.1) is 0 Å². The highest BCUT2D eigenvalue weighted by atomic mass is 16.5. The first-order valence-corrected chi connectivity index (χ1v) is 9.80. The summed E-state index contributed by atoms with van der Waals surface area (Å²) in [5.74, 6) is 0.488. The van der Waals surface area contributed by atoms with E-state index in [1.807, 2.05) is 38.1 Å². The van der Waals surface area contributed by atoms with Crippen LogP contribution in [0.15, 0.2) is 71.8 Å². The molecule has 0 aliphatic carbocycles. The van der Waals surface area contributed by atoms with Gasteiger partial charge in [0.25, 0.3) is 5.91 Å². The Kier molecular flexibility index (Phi) is 6.72. The summed E-state index contributed by atoms with van der Waals surface area (Å²) in [5, 5.41) is 15.6. The second-order valence-electron chi connectivity index (χ2n) is 7.26. The van der Waals surface area contributed by atoms with Crippen molar-refractivity contribution in [2.45, 2.75) is 19.4 Å². The molecule has 0 saturated heterocycles. The highest BCUT2D eigenvalue weighted by molar-refractivity contribution is 5.91. The first-order valence-electron chi connectivity index (χ1n) is 9.80. The van der Waals surface area contributed by atoms with Gasteiger partial charge in [0, 0.05) is 0 Å². The smallest absolute Gasteiger partial charge is 0.281 e. The minimum absolute atomic E-state index is 0.459. The Labute approximate surface area is 182 Å². The summed E-state index contributed by atoms with van der Waals surface area (Å²) in [6, 6.07) is 19.7. The van der Waals surface area contributed by atoms with Crippen LogP contribution < -0.4 is 14.9 Å². The molecule has 0 heterocycles. The van der Waals surface area contributed by atoms with Gasteiger partial charge in [-0.2, -0.15) is 5.10 Å². The fourth-order valence-electron chi connectivity index (χ4n) is 3.20. The SMILES string of the molecule is COc1ccc(/C=N/NC(=O)C(O)(c2ccc(C)cc2)c2ccc(C)cc2)cc1OC. The molecule has 0 aliphatic rings. The molecule has 0 fully saturated rings. The lowest BCUT2D eigenvalue weighted by Gasteiger charge is -2.27. The number of ether oxygens (including phenoxy) is 2. The van der Waals surface area contributed by atoms with Crippen molar-refractivity contribution in [2.24, 2.45) is 5.10 Å². The van der Waals surface area contributed by atoms with Crippen molar-refractivity contribution in [3.63, 3.8) is 0 Å². The Balaban J connectivity index is 1.89. The number of methoxy groups -OCH3 is 2. The maximum atomic E-state index is 13.1. The topological polar surface area (TPSA) is 80.2 Å². The molecular formula is C25H26N2O4. The average Bonchev–Trinajstić information content (AvgIpc) is 2.79. The normalized spacial score (nSPS) is 11.4. The van der Waals surface area contributed by atoms with E-state index in [0.29, 0.717) is 28.2 Å². The molecule has 0 aromatic heterocycles. The van der Waals surface area contributed by atoms with Crippen LogP contribution in [0.4, 0.5) is 0 Å². The Hall–Kier alpha value is -3.64. The summed E-state index contributed by atoms with van der Waals surface area (Å²) in [7, 11) is 3.10. The van der Waals surface area contributed by atoms with Crippen LogP contribution in [-0.2, 0) is 10.4 Å². The van der Waals surface area contributed by atoms with E-state index < -0.39 is 11.5 Å². The molecule has 0 spiro atoms. The van der Waals surface area contributed by atoms with Crippen LogP contribution in [-0.4, -0.2) is 31.4 Å². The number of nitrogens with one attached hydrogen (secondary N) is 1. The Morgan fingerprint density at radius 3 is 1.87 bits per heavy atom. The van der Waals surface area contributed by atoms with E-state index in [1.54, 1.807) is 56.7 Å². The third-order valence-electron chi connectivity index (χ3n) is 5.05. The summed E-state index contributed by atoms with van der Waals surface area (Å²) in [6.45, 7) is 3.89. The third kappa shape index (κ3) is 4.75. The summed E-state index contributed by atoms with van der Waals surface area (Å²) in [6.07, 6.45) is 1.48. The maximum absolute atomic E-state index is 13.1. The van der Waals surface area contributed by atoms with Gasteiger partial charge in [-0.1, -0.05) is 59.7 Å². The summed E-state index contributed by atoms with van der Waals surface area (Å²) < 4.78 is 10.5. The van der Waals surface area contributed by atoms with Crippen molar-refractivity contribution in [1.29, 1.82) is 0 Å². The lowest BCUT2D eigenvalue weighted by atomic mass is 9.85. The molecule has 3 rings (SSSR count). The summed E-state index contributed by atoms with van der Waals surface area (Å²) in [4.78, 5) is 13.1. The number of amides is 1. The number of carbonyl (C=O) groups is 1. The van der Waals surface area contributed by atoms with E-state index in [2.05, 4.69) is 10.5 Å². The predicted molar refractivity (Wildman–Crippen MR) is 121 cm³/mol. The zero-order chi connectivity index (χ0) is 22.4. The first kappa shape index (κ1) is 22.1. The number of aliphatic hydroxyl groups is 1. The van der Waals surface area contributed by atoms with Gasteiger partial charge in [-0.05, 0) is 48.7 Å². The van der Waals surface area contributed by atoms with E-state index in [-0.39, 0.29) is 0 Å². The largest absolute Gasteiger partial charge is 0.493 e. The standard InChI is InChI=1S/C25H26N2O4/c1-17-5-10-20(11-6-17)25(29,21-12-7-18(2)8-13-21)24(28)27-26-16-19-9-14-22(30-3)23(15-19)31-4/h5-16,29H,1-4H3,(H,27,28)/b26-16+. The van der Waals surface area contributed by atoms with Gasteiger partial charge in [0.2, 0.25) is 0 Å². The van der Waals surface area contributed by atoms with E-state index in [4.69, 9.17) is 9.47 Å². The molecule has 0 unspecified atom stereocenters. The zero-order valence-corrected chi connectivity index (χ0v) is 18.0. The summed E-state index contributed by atoms with van der Waals surface area (Å²) >= 11 is 0. The molecule has 31 heavy (non-hydrogen) atoms. The van der Waals surface area contributed by atoms with Gasteiger partial charge in [0.1, 0.15) is 0 Å². The Bertz CT molecular complexity index is 1030. The Morgan fingerprint density at radius 2 is 1.39 bits per heavy atom. The quantitative estimate of drug-likeness (QED) is 0.453. The van der Waals surface area contributed by atoms with Crippen molar-refractivity contribution in [3.05, 3.63) is 94.5 Å². The van der Waals surface area contributed by atoms with Crippen molar-refractivity contribution in [1.82, 2.24) is 5.43 Å². The van der Waals surface area contributed by atoms with Gasteiger partial charge in [-0.3, -0.25) is 4.79 Å². The molecule has 160 valence electrons. The van der Waals surface area contributed by atoms with Crippen LogP contribution in [0.2, 0.25) is 0 Å². The van der Waals surface area contributed by atoms with Crippen LogP contribution >= 0.6 is 0 Å². The molecule has 0 radical (unpaired) electrons. The van der Waals surface area contributed by atoms with Crippen molar-refractivity contribution < 1.29 is 19.4 Å². The van der Waals surface area contributed by atoms with Gasteiger partial charge in [-0.25, -0.2) is 5.43 Å². The van der Waals surface area contributed by atoms with Gasteiger partial charge < -0.3 is 14.6 Å². The first-order chi connectivity index (χ1) is 14.9. The molecule has 2 N–H and O–H groups in total. The molecule has 6 heteroatoms. The molecule has 3 aromatic rings. The van der Waals surface area contributed by atoms with E-state index in [0.717, 1.165) is 11.1 Å². The second kappa shape index (κ2) is 9.45. The Morgan fingerprint density at radius 1 is 0.871 bits per heavy atom. The van der Waals surface area contributed by atoms with Crippen molar-refractivity contribution in [3.8, 4) is 11.5 Å². The van der Waals surface area contributed by atoms with Gasteiger partial charge in [0.15, 0.2) is 17.1 Å². The van der Waals surface area contributed by atoms with Crippen molar-refractivity contribution in [2.75, 3.05) is 14.2 Å². The lowest BCUT2D eigenvalue weighted by molar-refractivity contribution is -0.136. The van der Waals surface area contributed by atoms with Crippen LogP contribution in [0.3, 0.4) is 0 Å². The molecule has 0 bridgehead atoms. The minimum atomic E-state index is -1.89. The van der Waals surface area contributed by atoms with E-state index in [9.17, 15) is 9.90 Å². The van der Waals surface area contributed by atoms with E-state index >= 15 is 0 Å². The number of aryl methyl sites for hydroxylation is 2. The monoisotopic (exact) mass is 418 g/mol.